The molecule has 1 aromatic rings. The SMILES string of the molecule is CCc1ccc(OCC(=O)N(CCCN(CC)CC)CCC(=O)OC)cc1. The molecule has 1 aromatic carbocycles. The predicted molar refractivity (Wildman–Crippen MR) is 107 cm³/mol. The van der Waals surface area contributed by atoms with Gasteiger partial charge >= 0.3 is 5.97 Å². The van der Waals surface area contributed by atoms with Crippen LogP contribution >= 0.6 is 0 Å². The monoisotopic (exact) mass is 378 g/mol. The highest BCUT2D eigenvalue weighted by molar-refractivity contribution is 5.78. The first-order valence-electron chi connectivity index (χ1n) is 9.82. The zero-order valence-corrected chi connectivity index (χ0v) is 17.2. The van der Waals surface area contributed by atoms with E-state index in [1.807, 2.05) is 24.3 Å². The van der Waals surface area contributed by atoms with E-state index in [2.05, 4.69) is 25.7 Å². The fourth-order valence-corrected chi connectivity index (χ4v) is 2.77. The minimum Gasteiger partial charge on any atom is -0.484 e. The second-order valence-corrected chi connectivity index (χ2v) is 6.37. The fourth-order valence-electron chi connectivity index (χ4n) is 2.77. The third kappa shape index (κ3) is 8.91. The van der Waals surface area contributed by atoms with Crippen LogP contribution in [0, 0.1) is 0 Å². The van der Waals surface area contributed by atoms with Crippen LogP contribution in [-0.4, -0.2) is 68.1 Å². The Morgan fingerprint density at radius 1 is 0.963 bits per heavy atom. The van der Waals surface area contributed by atoms with Gasteiger partial charge in [-0.1, -0.05) is 32.9 Å². The van der Waals surface area contributed by atoms with E-state index in [4.69, 9.17) is 9.47 Å². The molecular weight excluding hydrogens is 344 g/mol. The normalized spacial score (nSPS) is 10.7. The van der Waals surface area contributed by atoms with Gasteiger partial charge in [0, 0.05) is 13.1 Å². The first-order chi connectivity index (χ1) is 13.0. The molecule has 1 rings (SSSR count). The molecule has 27 heavy (non-hydrogen) atoms. The molecule has 0 unspecified atom stereocenters. The van der Waals surface area contributed by atoms with Crippen molar-refractivity contribution in [2.75, 3.05) is 46.4 Å². The van der Waals surface area contributed by atoms with E-state index in [9.17, 15) is 9.59 Å². The van der Waals surface area contributed by atoms with Gasteiger partial charge in [0.1, 0.15) is 5.75 Å². The number of amides is 1. The number of esters is 1. The molecule has 0 fully saturated rings. The fraction of sp³-hybridized carbons (Fsp3) is 0.619. The van der Waals surface area contributed by atoms with Gasteiger partial charge in [0.15, 0.2) is 6.61 Å². The van der Waals surface area contributed by atoms with E-state index >= 15 is 0 Å². The molecule has 6 nitrogen and oxygen atoms in total. The zero-order valence-electron chi connectivity index (χ0n) is 17.2. The van der Waals surface area contributed by atoms with Crippen molar-refractivity contribution in [3.8, 4) is 5.75 Å². The average molecular weight is 379 g/mol. The van der Waals surface area contributed by atoms with Crippen LogP contribution < -0.4 is 4.74 Å². The van der Waals surface area contributed by atoms with Crippen LogP contribution in [0.4, 0.5) is 0 Å². The highest BCUT2D eigenvalue weighted by atomic mass is 16.5. The summed E-state index contributed by atoms with van der Waals surface area (Å²) in [5, 5.41) is 0. The molecule has 0 bridgehead atoms. The molecule has 0 N–H and O–H groups in total. The summed E-state index contributed by atoms with van der Waals surface area (Å²) < 4.78 is 10.3. The van der Waals surface area contributed by atoms with Crippen LogP contribution in [0.2, 0.25) is 0 Å². The molecule has 0 aliphatic carbocycles. The second kappa shape index (κ2) is 13.1. The minimum absolute atomic E-state index is 0.0298. The molecule has 6 heteroatoms. The molecule has 0 saturated heterocycles. The van der Waals surface area contributed by atoms with Crippen LogP contribution in [0.3, 0.4) is 0 Å². The maximum atomic E-state index is 12.6. The molecule has 1 amide bonds. The van der Waals surface area contributed by atoms with E-state index in [0.717, 1.165) is 32.5 Å². The summed E-state index contributed by atoms with van der Waals surface area (Å²) in [6.07, 6.45) is 2.02. The van der Waals surface area contributed by atoms with Crippen molar-refractivity contribution in [1.29, 1.82) is 0 Å². The molecule has 0 radical (unpaired) electrons. The summed E-state index contributed by atoms with van der Waals surface area (Å²) in [5.74, 6) is 0.252. The number of benzene rings is 1. The Bertz CT molecular complexity index is 556. The van der Waals surface area contributed by atoms with E-state index < -0.39 is 0 Å². The van der Waals surface area contributed by atoms with Crippen LogP contribution in [0.1, 0.15) is 39.2 Å². The molecule has 0 aromatic heterocycles. The van der Waals surface area contributed by atoms with Crippen molar-refractivity contribution in [3.63, 3.8) is 0 Å². The number of aryl methyl sites for hydroxylation is 1. The Labute approximate surface area is 163 Å². The van der Waals surface area contributed by atoms with Crippen LogP contribution in [0.5, 0.6) is 5.75 Å². The Kier molecular flexibility index (Phi) is 11.2. The number of methoxy groups -OCH3 is 1. The molecule has 0 saturated carbocycles. The van der Waals surface area contributed by atoms with Crippen LogP contribution in [-0.2, 0) is 20.7 Å². The third-order valence-electron chi connectivity index (χ3n) is 4.66. The van der Waals surface area contributed by atoms with Gasteiger partial charge in [-0.15, -0.1) is 0 Å². The largest absolute Gasteiger partial charge is 0.484 e. The summed E-state index contributed by atoms with van der Waals surface area (Å²) in [7, 11) is 1.36. The van der Waals surface area contributed by atoms with Gasteiger partial charge in [-0.3, -0.25) is 9.59 Å². The van der Waals surface area contributed by atoms with Crippen LogP contribution in [0.15, 0.2) is 24.3 Å². The van der Waals surface area contributed by atoms with E-state index in [-0.39, 0.29) is 24.9 Å². The number of ether oxygens (including phenoxy) is 2. The maximum Gasteiger partial charge on any atom is 0.307 e. The Morgan fingerprint density at radius 3 is 2.19 bits per heavy atom. The molecule has 0 aliphatic rings. The summed E-state index contributed by atoms with van der Waals surface area (Å²) in [6, 6.07) is 7.76. The summed E-state index contributed by atoms with van der Waals surface area (Å²) in [5.41, 5.74) is 1.23. The zero-order chi connectivity index (χ0) is 20.1. The lowest BCUT2D eigenvalue weighted by Gasteiger charge is -2.24. The van der Waals surface area contributed by atoms with Crippen molar-refractivity contribution in [2.45, 2.75) is 40.0 Å². The van der Waals surface area contributed by atoms with E-state index in [1.54, 1.807) is 4.90 Å². The first kappa shape index (κ1) is 23.0. The standard InChI is InChI=1S/C21H34N2O4/c1-5-18-9-11-19(12-10-18)27-17-20(24)23(16-13-21(25)26-4)15-8-14-22(6-2)7-3/h9-12H,5-8,13-17H2,1-4H3. The van der Waals surface area contributed by atoms with Gasteiger partial charge in [-0.25, -0.2) is 0 Å². The highest BCUT2D eigenvalue weighted by Crippen LogP contribution is 2.12. The van der Waals surface area contributed by atoms with Gasteiger partial charge in [-0.05, 0) is 50.2 Å². The quantitative estimate of drug-likeness (QED) is 0.494. The number of hydrogen-bond acceptors (Lipinski definition) is 5. The Morgan fingerprint density at radius 2 is 1.63 bits per heavy atom. The molecule has 0 atom stereocenters. The van der Waals surface area contributed by atoms with Gasteiger partial charge in [0.25, 0.3) is 5.91 Å². The lowest BCUT2D eigenvalue weighted by atomic mass is 10.2. The number of nitrogens with zero attached hydrogens (tertiary/aromatic N) is 2. The average Bonchev–Trinajstić information content (AvgIpc) is 2.71. The van der Waals surface area contributed by atoms with Gasteiger partial charge in [0.2, 0.25) is 0 Å². The lowest BCUT2D eigenvalue weighted by Crippen LogP contribution is -2.38. The second-order valence-electron chi connectivity index (χ2n) is 6.37. The minimum atomic E-state index is -0.312. The van der Waals surface area contributed by atoms with Gasteiger partial charge in [-0.2, -0.15) is 0 Å². The molecule has 0 aliphatic heterocycles. The number of carbonyl (C=O) groups excluding carboxylic acids is 2. The first-order valence-corrected chi connectivity index (χ1v) is 9.82. The van der Waals surface area contributed by atoms with Crippen molar-refractivity contribution in [2.24, 2.45) is 0 Å². The van der Waals surface area contributed by atoms with Crippen molar-refractivity contribution in [3.05, 3.63) is 29.8 Å². The van der Waals surface area contributed by atoms with Crippen molar-refractivity contribution in [1.82, 2.24) is 9.80 Å². The lowest BCUT2D eigenvalue weighted by molar-refractivity contribution is -0.142. The summed E-state index contributed by atoms with van der Waals surface area (Å²) >= 11 is 0. The van der Waals surface area contributed by atoms with Crippen molar-refractivity contribution >= 4 is 11.9 Å². The van der Waals surface area contributed by atoms with E-state index in [0.29, 0.717) is 18.8 Å². The highest BCUT2D eigenvalue weighted by Gasteiger charge is 2.16. The van der Waals surface area contributed by atoms with Crippen LogP contribution in [0.25, 0.3) is 0 Å². The third-order valence-corrected chi connectivity index (χ3v) is 4.66. The molecule has 0 heterocycles. The summed E-state index contributed by atoms with van der Waals surface area (Å²) in [4.78, 5) is 28.1. The van der Waals surface area contributed by atoms with Crippen molar-refractivity contribution < 1.29 is 19.1 Å². The summed E-state index contributed by atoms with van der Waals surface area (Å²) in [6.45, 7) is 10.2. The molecule has 152 valence electrons. The molecule has 0 spiro atoms. The van der Waals surface area contributed by atoms with Gasteiger partial charge in [0.05, 0.1) is 13.5 Å². The Hall–Kier alpha value is -2.08. The smallest absolute Gasteiger partial charge is 0.307 e. The number of hydrogen-bond donors (Lipinski definition) is 0. The van der Waals surface area contributed by atoms with Gasteiger partial charge < -0.3 is 19.3 Å². The predicted octanol–water partition coefficient (Wildman–Crippen LogP) is 2.75. The topological polar surface area (TPSA) is 59.1 Å². The Balaban J connectivity index is 2.56. The number of rotatable bonds is 13. The molecular formula is C21H34N2O4. The van der Waals surface area contributed by atoms with E-state index in [1.165, 1.54) is 12.7 Å². The number of carbonyl (C=O) groups is 2. The maximum absolute atomic E-state index is 12.6.